The van der Waals surface area contributed by atoms with Gasteiger partial charge in [0, 0.05) is 0 Å². The third kappa shape index (κ3) is 15.1. The van der Waals surface area contributed by atoms with Crippen LogP contribution in [0.3, 0.4) is 0 Å². The van der Waals surface area contributed by atoms with Gasteiger partial charge in [-0.2, -0.15) is 4.98 Å². The maximum Gasteiger partial charge on any atom is 1.00 e. The normalized spacial score (nSPS) is 12.2. The number of nitrogens with zero attached hydrogens (tertiary/aromatic N) is 3. The predicted molar refractivity (Wildman–Crippen MR) is 95.8 cm³/mol. The van der Waals surface area contributed by atoms with E-state index in [2.05, 4.69) is 30.9 Å². The number of hydrogen-bond donors (Lipinski definition) is 2. The Morgan fingerprint density at radius 1 is 1.03 bits per heavy atom. The molecule has 2 aromatic rings. The van der Waals surface area contributed by atoms with Gasteiger partial charge in [0.05, 0.1) is 32.5 Å². The summed E-state index contributed by atoms with van der Waals surface area (Å²) in [5.74, 6) is -0.162. The van der Waals surface area contributed by atoms with E-state index < -0.39 is 52.4 Å². The van der Waals surface area contributed by atoms with Crippen LogP contribution in [0.5, 0.6) is 0 Å². The van der Waals surface area contributed by atoms with Gasteiger partial charge in [-0.1, -0.05) is 15.2 Å². The van der Waals surface area contributed by atoms with Crippen molar-refractivity contribution in [3.05, 3.63) is 15.1 Å². The average Bonchev–Trinajstić information content (AvgIpc) is 2.86. The van der Waals surface area contributed by atoms with Crippen LogP contribution in [-0.4, -0.2) is 57.8 Å². The molecule has 14 nitrogen and oxygen atoms in total. The molecule has 0 spiro atoms. The van der Waals surface area contributed by atoms with E-state index in [9.17, 15) is 33.5 Å². The van der Waals surface area contributed by atoms with Crippen molar-refractivity contribution < 1.29 is 156 Å². The number of nitrogens with one attached hydrogen (secondary N) is 1. The fourth-order valence-electron chi connectivity index (χ4n) is 2.24. The van der Waals surface area contributed by atoms with Gasteiger partial charge in [-0.15, -0.1) is 0 Å². The van der Waals surface area contributed by atoms with Crippen LogP contribution in [0, 0.1) is 0 Å². The summed E-state index contributed by atoms with van der Waals surface area (Å²) >= 11 is 3.16. The summed E-state index contributed by atoms with van der Waals surface area (Å²) < 4.78 is 33.5. The molecule has 21 heteroatoms. The van der Waals surface area contributed by atoms with Crippen LogP contribution in [-0.2, 0) is 25.1 Å². The number of ether oxygens (including phenoxy) is 2. The Balaban J connectivity index is -0.00000225. The summed E-state index contributed by atoms with van der Waals surface area (Å²) in [6.45, 7) is -1.16. The number of nitrogen functional groups attached to an aromatic ring is 1. The molecule has 0 saturated heterocycles. The zero-order valence-corrected chi connectivity index (χ0v) is 30.1. The van der Waals surface area contributed by atoms with E-state index in [1.807, 2.05) is 0 Å². The van der Waals surface area contributed by atoms with Crippen LogP contribution in [0.1, 0.15) is 0 Å². The van der Waals surface area contributed by atoms with Crippen molar-refractivity contribution in [1.29, 1.82) is 0 Å². The van der Waals surface area contributed by atoms with Crippen molar-refractivity contribution >= 4 is 48.2 Å². The molecule has 164 valence electrons. The fraction of sp³-hybridized carbons (Fsp3) is 0.583. The van der Waals surface area contributed by atoms with Gasteiger partial charge in [-0.05, 0) is 28.3 Å². The van der Waals surface area contributed by atoms with Gasteiger partial charge in [0.2, 0.25) is 5.95 Å². The van der Waals surface area contributed by atoms with Gasteiger partial charge in [0.1, 0.15) is 0 Å². The zero-order chi connectivity index (χ0) is 21.8. The molecule has 0 aliphatic rings. The largest absolute Gasteiger partial charge is 1.00 e. The average molecular weight is 608 g/mol. The summed E-state index contributed by atoms with van der Waals surface area (Å²) in [7, 11) is -9.54. The number of anilines is 1. The first-order valence-electron chi connectivity index (χ1n) is 7.99. The van der Waals surface area contributed by atoms with Gasteiger partial charge in [0.25, 0.3) is 5.56 Å². The maximum atomic E-state index is 11.9. The molecule has 0 radical (unpaired) electrons. The summed E-state index contributed by atoms with van der Waals surface area (Å²) in [5.41, 5.74) is 5.04. The Morgan fingerprint density at radius 3 is 2.12 bits per heavy atom. The van der Waals surface area contributed by atoms with Gasteiger partial charge in [-0.3, -0.25) is 9.78 Å². The second-order valence-corrected chi connectivity index (χ2v) is 9.90. The molecule has 0 aromatic carbocycles. The van der Waals surface area contributed by atoms with Crippen molar-refractivity contribution in [2.24, 2.45) is 0 Å². The number of aromatic amines is 1. The van der Waals surface area contributed by atoms with Crippen LogP contribution in [0.4, 0.5) is 5.95 Å². The molecule has 3 N–H and O–H groups in total. The summed E-state index contributed by atoms with van der Waals surface area (Å²) in [5, 5.41) is 0. The zero-order valence-electron chi connectivity index (χ0n) is 18.7. The third-order valence-electron chi connectivity index (χ3n) is 3.50. The van der Waals surface area contributed by atoms with Crippen LogP contribution < -0.4 is 149 Å². The third-order valence-corrected chi connectivity index (χ3v) is 5.56. The van der Waals surface area contributed by atoms with Crippen molar-refractivity contribution in [3.8, 4) is 0 Å². The molecular weight excluding hydrogens is 592 g/mol. The second-order valence-electron chi connectivity index (χ2n) is 5.85. The van der Waals surface area contributed by atoms with Crippen molar-refractivity contribution in [3.63, 3.8) is 0 Å². The first-order chi connectivity index (χ1) is 13.4. The molecule has 33 heavy (non-hydrogen) atoms. The quantitative estimate of drug-likeness (QED) is 0.105. The van der Waals surface area contributed by atoms with Crippen LogP contribution in [0.25, 0.3) is 11.2 Å². The Morgan fingerprint density at radius 2 is 1.58 bits per heavy atom. The van der Waals surface area contributed by atoms with Gasteiger partial charge in [0.15, 0.2) is 15.9 Å². The standard InChI is InChI=1S/C12H20BrN5O9P2.4Na/c13-11-15-8-9(16-12(14)17-10(8)19)18(11)5-7(27-2-4-29(23,24)25)6-26-1-3-28(20,21)22;;;;/h7H,1-6H2,(H2,20,21,22)(H2,23,24,25)(H3,14,16,17,19);;;;/q;4*+1/p-4. The van der Waals surface area contributed by atoms with Gasteiger partial charge in [-0.25, -0.2) is 4.98 Å². The topological polar surface area (TPSA) is 234 Å². The van der Waals surface area contributed by atoms with E-state index in [1.165, 1.54) is 4.57 Å². The number of aromatic nitrogens is 4. The molecular formula is C12H16BrN5Na4O9P2. The number of H-pyrrole nitrogens is 1. The van der Waals surface area contributed by atoms with Crippen LogP contribution in [0.2, 0.25) is 0 Å². The first-order valence-corrected chi connectivity index (χ1v) is 12.2. The minimum absolute atomic E-state index is 0. The minimum Gasteiger partial charge on any atom is -0.811 e. The Bertz CT molecular complexity index is 1020. The molecule has 2 rings (SSSR count). The number of nitrogens with two attached hydrogens (primary N) is 1. The van der Waals surface area contributed by atoms with Gasteiger partial charge >= 0.3 is 118 Å². The number of hydrogen-bond acceptors (Lipinski definition) is 12. The SMILES string of the molecule is Nc1nc2c(nc(Br)n2CC(COCCP(=O)([O-])[O-])OCCP(=O)([O-])[O-])c(=O)[nH]1.[Na+].[Na+].[Na+].[Na+]. The molecule has 0 saturated carbocycles. The number of rotatable bonds is 11. The fourth-order valence-corrected chi connectivity index (χ4v) is 3.41. The number of fused-ring (bicyclic) bond motifs is 1. The molecule has 2 aromatic heterocycles. The van der Waals surface area contributed by atoms with Crippen LogP contribution in [0.15, 0.2) is 9.53 Å². The van der Waals surface area contributed by atoms with E-state index in [0.717, 1.165) is 0 Å². The molecule has 1 unspecified atom stereocenters. The molecule has 0 fully saturated rings. The van der Waals surface area contributed by atoms with Crippen LogP contribution >= 0.6 is 31.1 Å². The molecule has 2 heterocycles. The van der Waals surface area contributed by atoms with E-state index >= 15 is 0 Å². The Kier molecular flexibility index (Phi) is 22.2. The van der Waals surface area contributed by atoms with Crippen molar-refractivity contribution in [1.82, 2.24) is 19.5 Å². The monoisotopic (exact) mass is 607 g/mol. The molecule has 0 aliphatic heterocycles. The molecule has 0 amide bonds. The molecule has 0 bridgehead atoms. The first kappa shape index (κ1) is 40.3. The summed E-state index contributed by atoms with van der Waals surface area (Å²) in [6.07, 6.45) is -2.40. The van der Waals surface area contributed by atoms with Crippen molar-refractivity contribution in [2.45, 2.75) is 12.6 Å². The summed E-state index contributed by atoms with van der Waals surface area (Å²) in [4.78, 5) is 65.1. The van der Waals surface area contributed by atoms with E-state index in [4.69, 9.17) is 15.2 Å². The second kappa shape index (κ2) is 18.2. The van der Waals surface area contributed by atoms with E-state index in [0.29, 0.717) is 0 Å². The maximum absolute atomic E-state index is 11.9. The summed E-state index contributed by atoms with van der Waals surface area (Å²) in [6, 6.07) is 0. The van der Waals surface area contributed by atoms with E-state index in [-0.39, 0.29) is 153 Å². The predicted octanol–water partition coefficient (Wildman–Crippen LogP) is -15.3. The molecule has 1 atom stereocenters. The van der Waals surface area contributed by atoms with E-state index in [1.54, 1.807) is 0 Å². The van der Waals surface area contributed by atoms with Crippen molar-refractivity contribution in [2.75, 3.05) is 37.9 Å². The number of halogens is 1. The Labute approximate surface area is 285 Å². The Hall–Kier alpha value is 2.85. The minimum atomic E-state index is -4.80. The smallest absolute Gasteiger partial charge is 0.811 e. The van der Waals surface area contributed by atoms with Gasteiger partial charge < -0.3 is 48.5 Å². The number of imidazole rings is 1. The molecule has 0 aliphatic carbocycles.